The summed E-state index contributed by atoms with van der Waals surface area (Å²) in [6.45, 7) is 3.41. The quantitative estimate of drug-likeness (QED) is 0.816. The van der Waals surface area contributed by atoms with Crippen molar-refractivity contribution in [3.63, 3.8) is 0 Å². The first-order chi connectivity index (χ1) is 8.80. The average molecular weight is 264 g/mol. The topological polar surface area (TPSA) is 95.4 Å². The van der Waals surface area contributed by atoms with Gasteiger partial charge in [-0.15, -0.1) is 0 Å². The Labute approximate surface area is 112 Å². The molecule has 0 aliphatic rings. The van der Waals surface area contributed by atoms with E-state index in [2.05, 4.69) is 0 Å². The van der Waals surface area contributed by atoms with Crippen LogP contribution in [0.4, 0.5) is 4.79 Å². The minimum absolute atomic E-state index is 0.333. The molecule has 0 aromatic heterocycles. The van der Waals surface area contributed by atoms with Crippen LogP contribution < -0.4 is 11.5 Å². The number of hydrogen-bond acceptors (Lipinski definition) is 3. The summed E-state index contributed by atoms with van der Waals surface area (Å²) in [7, 11) is 0. The summed E-state index contributed by atoms with van der Waals surface area (Å²) >= 11 is 0. The number of nitrogens with two attached hydrogens (primary N) is 2. The van der Waals surface area contributed by atoms with Crippen molar-refractivity contribution in [2.24, 2.45) is 17.4 Å². The lowest BCUT2D eigenvalue weighted by Gasteiger charge is -2.27. The van der Waals surface area contributed by atoms with Crippen LogP contribution in [0.5, 0.6) is 0 Å². The van der Waals surface area contributed by atoms with Crippen LogP contribution in [-0.4, -0.2) is 17.6 Å². The summed E-state index contributed by atoms with van der Waals surface area (Å²) in [6, 6.07) is 9.57. The van der Waals surface area contributed by atoms with E-state index in [0.717, 1.165) is 5.56 Å². The van der Waals surface area contributed by atoms with Crippen molar-refractivity contribution in [2.75, 3.05) is 0 Å². The first-order valence-electron chi connectivity index (χ1n) is 6.12. The van der Waals surface area contributed by atoms with E-state index in [1.54, 1.807) is 13.8 Å². The smallest absolute Gasteiger partial charge is 0.405 e. The van der Waals surface area contributed by atoms with Gasteiger partial charge >= 0.3 is 6.09 Å². The molecule has 0 fully saturated rings. The summed E-state index contributed by atoms with van der Waals surface area (Å²) in [4.78, 5) is 22.3. The van der Waals surface area contributed by atoms with Crippen LogP contribution in [0.1, 0.15) is 25.8 Å². The van der Waals surface area contributed by atoms with Crippen LogP contribution in [-0.2, 0) is 16.0 Å². The molecule has 1 aromatic rings. The number of rotatable bonds is 6. The van der Waals surface area contributed by atoms with Gasteiger partial charge in [-0.05, 0) is 32.3 Å². The monoisotopic (exact) mass is 264 g/mol. The lowest BCUT2D eigenvalue weighted by atomic mass is 9.88. The molecular formula is C14H20N2O3. The van der Waals surface area contributed by atoms with Crippen LogP contribution >= 0.6 is 0 Å². The second-order valence-corrected chi connectivity index (χ2v) is 5.17. The number of ether oxygens (including phenoxy) is 1. The van der Waals surface area contributed by atoms with E-state index in [4.69, 9.17) is 16.2 Å². The molecular weight excluding hydrogens is 244 g/mol. The molecule has 5 nitrogen and oxygen atoms in total. The summed E-state index contributed by atoms with van der Waals surface area (Å²) in [5, 5.41) is 0. The van der Waals surface area contributed by atoms with Crippen LogP contribution in [0.3, 0.4) is 0 Å². The highest BCUT2D eigenvalue weighted by atomic mass is 16.6. The standard InChI is InChI=1S/C14H20N2O3/c1-14(2,19-13(16)18)9-11(12(15)17)8-10-6-4-3-5-7-10/h3-7,11H,8-9H2,1-2H3,(H2,15,17)(H2,16,18). The van der Waals surface area contributed by atoms with E-state index < -0.39 is 23.5 Å². The highest BCUT2D eigenvalue weighted by Crippen LogP contribution is 2.23. The number of benzene rings is 1. The lowest BCUT2D eigenvalue weighted by Crippen LogP contribution is -2.37. The molecule has 1 atom stereocenters. The number of hydrogen-bond donors (Lipinski definition) is 2. The van der Waals surface area contributed by atoms with Gasteiger partial charge in [0.05, 0.1) is 0 Å². The molecule has 0 heterocycles. The minimum Gasteiger partial charge on any atom is -0.444 e. The van der Waals surface area contributed by atoms with Crippen molar-refractivity contribution in [3.8, 4) is 0 Å². The fourth-order valence-electron chi connectivity index (χ4n) is 2.08. The van der Waals surface area contributed by atoms with Gasteiger partial charge in [0.2, 0.25) is 5.91 Å². The zero-order valence-corrected chi connectivity index (χ0v) is 11.3. The molecule has 0 saturated carbocycles. The first kappa shape index (κ1) is 15.0. The van der Waals surface area contributed by atoms with Gasteiger partial charge in [0, 0.05) is 5.92 Å². The molecule has 1 aromatic carbocycles. The summed E-state index contributed by atoms with van der Waals surface area (Å²) in [5.74, 6) is -0.818. The van der Waals surface area contributed by atoms with Gasteiger partial charge in [-0.2, -0.15) is 0 Å². The van der Waals surface area contributed by atoms with Crippen molar-refractivity contribution < 1.29 is 14.3 Å². The van der Waals surface area contributed by atoms with Crippen molar-refractivity contribution in [1.82, 2.24) is 0 Å². The van der Waals surface area contributed by atoms with E-state index in [1.807, 2.05) is 30.3 Å². The van der Waals surface area contributed by atoms with Crippen LogP contribution in [0.25, 0.3) is 0 Å². The highest BCUT2D eigenvalue weighted by molar-refractivity contribution is 5.77. The third kappa shape index (κ3) is 5.42. The van der Waals surface area contributed by atoms with E-state index >= 15 is 0 Å². The van der Waals surface area contributed by atoms with Gasteiger partial charge in [0.25, 0.3) is 0 Å². The first-order valence-corrected chi connectivity index (χ1v) is 6.12. The van der Waals surface area contributed by atoms with Crippen molar-refractivity contribution >= 4 is 12.0 Å². The predicted octanol–water partition coefficient (Wildman–Crippen LogP) is 1.59. The molecule has 0 aliphatic heterocycles. The number of carbonyl (C=O) groups excluding carboxylic acids is 2. The zero-order chi connectivity index (χ0) is 14.5. The van der Waals surface area contributed by atoms with E-state index in [-0.39, 0.29) is 0 Å². The number of carbonyl (C=O) groups is 2. The van der Waals surface area contributed by atoms with E-state index in [9.17, 15) is 9.59 Å². The normalized spacial score (nSPS) is 12.7. The second-order valence-electron chi connectivity index (χ2n) is 5.17. The molecule has 0 radical (unpaired) electrons. The highest BCUT2D eigenvalue weighted by Gasteiger charge is 2.29. The number of amides is 2. The van der Waals surface area contributed by atoms with Crippen LogP contribution in [0.2, 0.25) is 0 Å². The Morgan fingerprint density at radius 2 is 1.79 bits per heavy atom. The van der Waals surface area contributed by atoms with Gasteiger partial charge in [-0.3, -0.25) is 4.79 Å². The minimum atomic E-state index is -0.854. The molecule has 1 rings (SSSR count). The molecule has 0 aliphatic carbocycles. The number of primary amides is 2. The van der Waals surface area contributed by atoms with Crippen molar-refractivity contribution in [2.45, 2.75) is 32.3 Å². The fourth-order valence-corrected chi connectivity index (χ4v) is 2.08. The molecule has 0 bridgehead atoms. The van der Waals surface area contributed by atoms with Gasteiger partial charge in [-0.25, -0.2) is 4.79 Å². The fraction of sp³-hybridized carbons (Fsp3) is 0.429. The molecule has 0 spiro atoms. The summed E-state index contributed by atoms with van der Waals surface area (Å²) in [6.07, 6.45) is -0.00467. The van der Waals surface area contributed by atoms with Crippen molar-refractivity contribution in [1.29, 1.82) is 0 Å². The molecule has 4 N–H and O–H groups in total. The van der Waals surface area contributed by atoms with E-state index in [1.165, 1.54) is 0 Å². The summed E-state index contributed by atoms with van der Waals surface area (Å²) < 4.78 is 4.99. The van der Waals surface area contributed by atoms with E-state index in [0.29, 0.717) is 12.8 Å². The lowest BCUT2D eigenvalue weighted by molar-refractivity contribution is -0.123. The average Bonchev–Trinajstić information content (AvgIpc) is 2.27. The van der Waals surface area contributed by atoms with Gasteiger partial charge in [-0.1, -0.05) is 30.3 Å². The van der Waals surface area contributed by atoms with Crippen LogP contribution in [0, 0.1) is 5.92 Å². The largest absolute Gasteiger partial charge is 0.444 e. The Bertz CT molecular complexity index is 443. The molecule has 0 saturated heterocycles. The molecule has 19 heavy (non-hydrogen) atoms. The molecule has 1 unspecified atom stereocenters. The summed E-state index contributed by atoms with van der Waals surface area (Å²) in [5.41, 5.74) is 10.6. The molecule has 104 valence electrons. The maximum atomic E-state index is 11.5. The Morgan fingerprint density at radius 1 is 1.21 bits per heavy atom. The third-order valence-corrected chi connectivity index (χ3v) is 2.84. The third-order valence-electron chi connectivity index (χ3n) is 2.84. The molecule has 5 heteroatoms. The van der Waals surface area contributed by atoms with Gasteiger partial charge < -0.3 is 16.2 Å². The maximum Gasteiger partial charge on any atom is 0.405 e. The van der Waals surface area contributed by atoms with Crippen molar-refractivity contribution in [3.05, 3.63) is 35.9 Å². The molecule has 2 amide bonds. The Balaban J connectivity index is 2.73. The maximum absolute atomic E-state index is 11.5. The zero-order valence-electron chi connectivity index (χ0n) is 11.3. The SMILES string of the molecule is CC(C)(CC(Cc1ccccc1)C(N)=O)OC(N)=O. The predicted molar refractivity (Wildman–Crippen MR) is 72.2 cm³/mol. The van der Waals surface area contributed by atoms with Gasteiger partial charge in [0.1, 0.15) is 5.60 Å². The second kappa shape index (κ2) is 6.22. The Morgan fingerprint density at radius 3 is 2.26 bits per heavy atom. The Kier molecular flexibility index (Phi) is 4.92. The van der Waals surface area contributed by atoms with Crippen LogP contribution in [0.15, 0.2) is 30.3 Å². The Hall–Kier alpha value is -2.04. The van der Waals surface area contributed by atoms with Gasteiger partial charge in [0.15, 0.2) is 0 Å².